The first-order valence-electron chi connectivity index (χ1n) is 7.02. The highest BCUT2D eigenvalue weighted by Crippen LogP contribution is 2.28. The summed E-state index contributed by atoms with van der Waals surface area (Å²) in [6.45, 7) is 2.30. The van der Waals surface area contributed by atoms with Crippen LogP contribution >= 0.6 is 0 Å². The molecule has 1 aromatic carbocycles. The number of rotatable bonds is 4. The molecule has 0 amide bonds. The van der Waals surface area contributed by atoms with Gasteiger partial charge in [0.25, 0.3) is 0 Å². The number of esters is 1. The number of nitrogens with one attached hydrogen (secondary N) is 1. The van der Waals surface area contributed by atoms with Gasteiger partial charge in [-0.2, -0.15) is 0 Å². The van der Waals surface area contributed by atoms with Crippen LogP contribution < -0.4 is 0 Å². The molecule has 0 fully saturated rings. The molecular formula is C16H18N2O2. The van der Waals surface area contributed by atoms with E-state index >= 15 is 0 Å². The summed E-state index contributed by atoms with van der Waals surface area (Å²) < 4.78 is 5.12. The summed E-state index contributed by atoms with van der Waals surface area (Å²) in [6.07, 6.45) is 5.98. The number of benzene rings is 1. The first kappa shape index (κ1) is 12.9. The van der Waals surface area contributed by atoms with Crippen molar-refractivity contribution in [1.29, 1.82) is 0 Å². The van der Waals surface area contributed by atoms with Crippen LogP contribution in [-0.4, -0.2) is 22.5 Å². The fraction of sp³-hybridized carbons (Fsp3) is 0.375. The zero-order valence-electron chi connectivity index (χ0n) is 11.6. The van der Waals surface area contributed by atoms with Crippen molar-refractivity contribution in [3.05, 3.63) is 53.1 Å². The number of H-pyrrole nitrogens is 1. The molecule has 0 spiro atoms. The van der Waals surface area contributed by atoms with Crippen LogP contribution in [0.3, 0.4) is 0 Å². The third kappa shape index (κ3) is 2.59. The van der Waals surface area contributed by atoms with E-state index in [1.807, 2.05) is 13.1 Å². The van der Waals surface area contributed by atoms with Crippen molar-refractivity contribution >= 4 is 5.97 Å². The zero-order valence-corrected chi connectivity index (χ0v) is 11.6. The second-order valence-electron chi connectivity index (χ2n) is 5.17. The maximum Gasteiger partial charge on any atom is 0.309 e. The number of aromatic nitrogens is 2. The summed E-state index contributed by atoms with van der Waals surface area (Å²) in [4.78, 5) is 19.2. The third-order valence-electron chi connectivity index (χ3n) is 3.75. The normalized spacial score (nSPS) is 16.9. The Labute approximate surface area is 118 Å². The molecule has 104 valence electrons. The van der Waals surface area contributed by atoms with Crippen molar-refractivity contribution < 1.29 is 9.53 Å². The molecule has 1 aliphatic carbocycles. The maximum absolute atomic E-state index is 11.8. The Morgan fingerprint density at radius 3 is 3.00 bits per heavy atom. The van der Waals surface area contributed by atoms with Crippen molar-refractivity contribution in [3.63, 3.8) is 0 Å². The van der Waals surface area contributed by atoms with Gasteiger partial charge in [-0.1, -0.05) is 18.2 Å². The van der Waals surface area contributed by atoms with Gasteiger partial charge < -0.3 is 9.72 Å². The molecular weight excluding hydrogens is 252 g/mol. The molecule has 20 heavy (non-hydrogen) atoms. The lowest BCUT2D eigenvalue weighted by atomic mass is 10.0. The van der Waals surface area contributed by atoms with Crippen molar-refractivity contribution in [1.82, 2.24) is 9.97 Å². The molecule has 0 aliphatic heterocycles. The van der Waals surface area contributed by atoms with Gasteiger partial charge in [0.1, 0.15) is 5.82 Å². The molecule has 1 aromatic heterocycles. The lowest BCUT2D eigenvalue weighted by Gasteiger charge is -2.06. The summed E-state index contributed by atoms with van der Waals surface area (Å²) in [5, 5.41) is 0. The largest absolute Gasteiger partial charge is 0.466 e. The summed E-state index contributed by atoms with van der Waals surface area (Å²) >= 11 is 0. The van der Waals surface area contributed by atoms with Gasteiger partial charge in [0.2, 0.25) is 0 Å². The predicted octanol–water partition coefficient (Wildman–Crippen LogP) is 2.28. The Morgan fingerprint density at radius 1 is 1.40 bits per heavy atom. The zero-order chi connectivity index (χ0) is 13.9. The molecule has 0 radical (unpaired) electrons. The van der Waals surface area contributed by atoms with Crippen molar-refractivity contribution in [2.24, 2.45) is 5.92 Å². The van der Waals surface area contributed by atoms with Crippen LogP contribution in [0, 0.1) is 5.92 Å². The number of nitrogens with zero attached hydrogens (tertiary/aromatic N) is 1. The fourth-order valence-electron chi connectivity index (χ4n) is 2.80. The van der Waals surface area contributed by atoms with E-state index in [1.54, 1.807) is 6.20 Å². The predicted molar refractivity (Wildman–Crippen MR) is 75.4 cm³/mol. The van der Waals surface area contributed by atoms with Crippen LogP contribution in [0.4, 0.5) is 0 Å². The van der Waals surface area contributed by atoms with Crippen molar-refractivity contribution in [2.75, 3.05) is 6.61 Å². The van der Waals surface area contributed by atoms with Gasteiger partial charge in [-0.25, -0.2) is 4.98 Å². The highest BCUT2D eigenvalue weighted by molar-refractivity contribution is 5.74. The average Bonchev–Trinajstić information content (AvgIpc) is 3.07. The summed E-state index contributed by atoms with van der Waals surface area (Å²) in [7, 11) is 0. The van der Waals surface area contributed by atoms with Crippen LogP contribution in [0.25, 0.3) is 0 Å². The summed E-state index contributed by atoms with van der Waals surface area (Å²) in [5.41, 5.74) is 3.77. The quantitative estimate of drug-likeness (QED) is 0.867. The van der Waals surface area contributed by atoms with Crippen LogP contribution in [0.5, 0.6) is 0 Å². The second-order valence-corrected chi connectivity index (χ2v) is 5.17. The van der Waals surface area contributed by atoms with Crippen molar-refractivity contribution in [3.8, 4) is 0 Å². The topological polar surface area (TPSA) is 55.0 Å². The van der Waals surface area contributed by atoms with Crippen LogP contribution in [-0.2, 0) is 28.8 Å². The van der Waals surface area contributed by atoms with Gasteiger partial charge in [0, 0.05) is 18.8 Å². The molecule has 1 heterocycles. The van der Waals surface area contributed by atoms with Gasteiger partial charge in [-0.05, 0) is 36.5 Å². The average molecular weight is 270 g/mol. The number of imidazole rings is 1. The maximum atomic E-state index is 11.8. The Bertz CT molecular complexity index is 605. The molecule has 4 heteroatoms. The molecule has 1 N–H and O–H groups in total. The summed E-state index contributed by atoms with van der Waals surface area (Å²) in [5.74, 6) is 0.880. The van der Waals surface area contributed by atoms with E-state index in [2.05, 4.69) is 28.2 Å². The van der Waals surface area contributed by atoms with Gasteiger partial charge >= 0.3 is 5.97 Å². The highest BCUT2D eigenvalue weighted by atomic mass is 16.5. The Morgan fingerprint density at radius 2 is 2.25 bits per heavy atom. The van der Waals surface area contributed by atoms with E-state index in [9.17, 15) is 4.79 Å². The monoisotopic (exact) mass is 270 g/mol. The van der Waals surface area contributed by atoms with Crippen LogP contribution in [0.2, 0.25) is 0 Å². The SMILES string of the molecule is CCOC(=O)C1Cc2ccc(Cc3ncc[nH]3)cc2C1. The second kappa shape index (κ2) is 5.49. The number of fused-ring (bicyclic) bond motifs is 1. The van der Waals surface area contributed by atoms with E-state index in [0.717, 1.165) is 25.1 Å². The van der Waals surface area contributed by atoms with E-state index in [1.165, 1.54) is 16.7 Å². The molecule has 1 unspecified atom stereocenters. The standard InChI is InChI=1S/C16H18N2O2/c1-2-20-16(19)14-9-12-4-3-11(7-13(12)10-14)8-15-17-5-6-18-15/h3-7,14H,2,8-10H2,1H3,(H,17,18). The van der Waals surface area contributed by atoms with E-state index in [4.69, 9.17) is 4.74 Å². The molecule has 0 saturated carbocycles. The molecule has 1 atom stereocenters. The van der Waals surface area contributed by atoms with Gasteiger partial charge in [-0.3, -0.25) is 4.79 Å². The minimum Gasteiger partial charge on any atom is -0.466 e. The van der Waals surface area contributed by atoms with E-state index in [-0.39, 0.29) is 11.9 Å². The molecule has 2 aromatic rings. The smallest absolute Gasteiger partial charge is 0.309 e. The molecule has 3 rings (SSSR count). The Kier molecular flexibility index (Phi) is 3.54. The van der Waals surface area contributed by atoms with E-state index in [0.29, 0.717) is 6.61 Å². The number of carbonyl (C=O) groups excluding carboxylic acids is 1. The fourth-order valence-corrected chi connectivity index (χ4v) is 2.80. The molecule has 0 bridgehead atoms. The number of carbonyl (C=O) groups is 1. The molecule has 0 saturated heterocycles. The van der Waals surface area contributed by atoms with Crippen molar-refractivity contribution in [2.45, 2.75) is 26.2 Å². The first-order valence-corrected chi connectivity index (χ1v) is 7.02. The number of hydrogen-bond acceptors (Lipinski definition) is 3. The lowest BCUT2D eigenvalue weighted by molar-refractivity contribution is -0.147. The molecule has 1 aliphatic rings. The Hall–Kier alpha value is -2.10. The lowest BCUT2D eigenvalue weighted by Crippen LogP contribution is -2.17. The van der Waals surface area contributed by atoms with Crippen LogP contribution in [0.1, 0.15) is 29.4 Å². The highest BCUT2D eigenvalue weighted by Gasteiger charge is 2.28. The molecule has 4 nitrogen and oxygen atoms in total. The minimum absolute atomic E-state index is 0.0104. The van der Waals surface area contributed by atoms with Gasteiger partial charge in [0.15, 0.2) is 0 Å². The van der Waals surface area contributed by atoms with Crippen LogP contribution in [0.15, 0.2) is 30.6 Å². The minimum atomic E-state index is -0.0729. The summed E-state index contributed by atoms with van der Waals surface area (Å²) in [6, 6.07) is 6.44. The van der Waals surface area contributed by atoms with Gasteiger partial charge in [-0.15, -0.1) is 0 Å². The number of ether oxygens (including phenoxy) is 1. The van der Waals surface area contributed by atoms with E-state index < -0.39 is 0 Å². The Balaban J connectivity index is 1.73. The first-order chi connectivity index (χ1) is 9.76. The number of aromatic amines is 1. The third-order valence-corrected chi connectivity index (χ3v) is 3.75. The van der Waals surface area contributed by atoms with Gasteiger partial charge in [0.05, 0.1) is 12.5 Å². The number of hydrogen-bond donors (Lipinski definition) is 1.